The van der Waals surface area contributed by atoms with Crippen LogP contribution in [0.15, 0.2) is 0 Å². The minimum Gasteiger partial charge on any atom is -0.479 e. The molecule has 0 heterocycles. The molecule has 0 saturated carbocycles. The van der Waals surface area contributed by atoms with Crippen molar-refractivity contribution in [1.29, 1.82) is 0 Å². The molecular formula is C4H5F3O3. The first-order valence-electron chi connectivity index (χ1n) is 2.30. The number of alkyl halides is 3. The Kier molecular flexibility index (Phi) is 2.65. The van der Waals surface area contributed by atoms with Gasteiger partial charge in [-0.05, 0) is 6.92 Å². The Morgan fingerprint density at radius 2 is 2.00 bits per heavy atom. The summed E-state index contributed by atoms with van der Waals surface area (Å²) in [5, 5.41) is 7.92. The van der Waals surface area contributed by atoms with E-state index in [2.05, 4.69) is 4.74 Å². The van der Waals surface area contributed by atoms with Crippen LogP contribution in [0.2, 0.25) is 0 Å². The van der Waals surface area contributed by atoms with Crippen molar-refractivity contribution in [2.24, 2.45) is 0 Å². The molecule has 0 radical (unpaired) electrons. The second-order valence-electron chi connectivity index (χ2n) is 1.54. The Morgan fingerprint density at radius 3 is 2.10 bits per heavy atom. The van der Waals surface area contributed by atoms with E-state index in [-0.39, 0.29) is 0 Å². The maximum absolute atomic E-state index is 11.2. The number of rotatable bonds is 2. The Morgan fingerprint density at radius 1 is 1.60 bits per heavy atom. The first kappa shape index (κ1) is 9.22. The molecule has 0 aliphatic rings. The molecule has 0 saturated heterocycles. The molecule has 0 amide bonds. The van der Waals surface area contributed by atoms with Crippen molar-refractivity contribution in [1.82, 2.24) is 0 Å². The quantitative estimate of drug-likeness (QED) is 0.651. The van der Waals surface area contributed by atoms with E-state index in [0.717, 1.165) is 6.92 Å². The minimum absolute atomic E-state index is 0.801. The molecule has 10 heavy (non-hydrogen) atoms. The summed E-state index contributed by atoms with van der Waals surface area (Å²) in [5.74, 6) is -1.64. The standard InChI is InChI=1S/C4H5F3O3/c1-2(3(8)9)10-4(5,6)7/h2H,1H3,(H,8,9). The molecule has 0 aromatic carbocycles. The first-order valence-corrected chi connectivity index (χ1v) is 2.30. The van der Waals surface area contributed by atoms with Crippen molar-refractivity contribution in [3.05, 3.63) is 0 Å². The van der Waals surface area contributed by atoms with Crippen LogP contribution >= 0.6 is 0 Å². The number of carboxylic acids is 1. The lowest BCUT2D eigenvalue weighted by Crippen LogP contribution is -2.27. The van der Waals surface area contributed by atoms with Gasteiger partial charge in [-0.2, -0.15) is 0 Å². The second-order valence-corrected chi connectivity index (χ2v) is 1.54. The van der Waals surface area contributed by atoms with E-state index in [1.165, 1.54) is 0 Å². The largest absolute Gasteiger partial charge is 0.523 e. The average molecular weight is 158 g/mol. The maximum Gasteiger partial charge on any atom is 0.523 e. The maximum atomic E-state index is 11.2. The topological polar surface area (TPSA) is 46.5 Å². The van der Waals surface area contributed by atoms with Gasteiger partial charge in [-0.1, -0.05) is 0 Å². The molecule has 6 heteroatoms. The van der Waals surface area contributed by atoms with E-state index < -0.39 is 18.4 Å². The minimum atomic E-state index is -4.88. The summed E-state index contributed by atoms with van der Waals surface area (Å²) >= 11 is 0. The Labute approximate surface area is 54.4 Å². The predicted octanol–water partition coefficient (Wildman–Crippen LogP) is 0.996. The fourth-order valence-electron chi connectivity index (χ4n) is 0.251. The zero-order valence-electron chi connectivity index (χ0n) is 4.97. The molecular weight excluding hydrogens is 153 g/mol. The number of hydrogen-bond donors (Lipinski definition) is 1. The van der Waals surface area contributed by atoms with Crippen molar-refractivity contribution < 1.29 is 27.8 Å². The molecule has 60 valence electrons. The summed E-state index contributed by atoms with van der Waals surface area (Å²) in [7, 11) is 0. The van der Waals surface area contributed by atoms with Gasteiger partial charge in [0, 0.05) is 0 Å². The van der Waals surface area contributed by atoms with E-state index in [0.29, 0.717) is 0 Å². The molecule has 0 aliphatic heterocycles. The van der Waals surface area contributed by atoms with Gasteiger partial charge in [0.05, 0.1) is 0 Å². The third-order valence-electron chi connectivity index (χ3n) is 0.658. The fourth-order valence-corrected chi connectivity index (χ4v) is 0.251. The molecule has 1 N–H and O–H groups in total. The van der Waals surface area contributed by atoms with Crippen LogP contribution in [0.4, 0.5) is 13.2 Å². The molecule has 0 fully saturated rings. The van der Waals surface area contributed by atoms with Gasteiger partial charge in [0.25, 0.3) is 0 Å². The summed E-state index contributed by atoms with van der Waals surface area (Å²) in [6.45, 7) is 0.801. The van der Waals surface area contributed by atoms with Gasteiger partial charge in [0.2, 0.25) is 0 Å². The van der Waals surface area contributed by atoms with Crippen molar-refractivity contribution >= 4 is 5.97 Å². The summed E-state index contributed by atoms with van der Waals surface area (Å²) in [6.07, 6.45) is -6.72. The van der Waals surface area contributed by atoms with E-state index in [1.807, 2.05) is 0 Å². The van der Waals surface area contributed by atoms with Crippen molar-refractivity contribution in [2.75, 3.05) is 0 Å². The molecule has 0 bridgehead atoms. The smallest absolute Gasteiger partial charge is 0.479 e. The van der Waals surface area contributed by atoms with Crippen molar-refractivity contribution in [2.45, 2.75) is 19.4 Å². The number of aliphatic carboxylic acids is 1. The fraction of sp³-hybridized carbons (Fsp3) is 0.750. The Hall–Kier alpha value is -0.780. The van der Waals surface area contributed by atoms with Crippen LogP contribution in [0.1, 0.15) is 6.92 Å². The number of ether oxygens (including phenoxy) is 1. The normalized spacial score (nSPS) is 14.8. The number of carbonyl (C=O) groups is 1. The van der Waals surface area contributed by atoms with E-state index in [1.54, 1.807) is 0 Å². The lowest BCUT2D eigenvalue weighted by atomic mass is 10.4. The number of halogens is 3. The van der Waals surface area contributed by atoms with Crippen molar-refractivity contribution in [3.8, 4) is 0 Å². The lowest BCUT2D eigenvalue weighted by molar-refractivity contribution is -0.337. The molecule has 0 aliphatic carbocycles. The van der Waals surface area contributed by atoms with Crippen LogP contribution in [0.3, 0.4) is 0 Å². The highest BCUT2D eigenvalue weighted by Crippen LogP contribution is 2.18. The van der Waals surface area contributed by atoms with Crippen LogP contribution in [-0.2, 0) is 9.53 Å². The Bertz CT molecular complexity index is 130. The third-order valence-corrected chi connectivity index (χ3v) is 0.658. The summed E-state index contributed by atoms with van der Waals surface area (Å²) in [4.78, 5) is 9.75. The molecule has 1 unspecified atom stereocenters. The van der Waals surface area contributed by atoms with E-state index in [9.17, 15) is 18.0 Å². The third kappa shape index (κ3) is 4.13. The number of hydrogen-bond acceptors (Lipinski definition) is 2. The highest BCUT2D eigenvalue weighted by Gasteiger charge is 2.34. The van der Waals surface area contributed by atoms with E-state index in [4.69, 9.17) is 5.11 Å². The molecule has 0 aromatic rings. The van der Waals surface area contributed by atoms with Crippen LogP contribution in [0.5, 0.6) is 0 Å². The monoisotopic (exact) mass is 158 g/mol. The summed E-state index contributed by atoms with van der Waals surface area (Å²) in [5.41, 5.74) is 0. The van der Waals surface area contributed by atoms with Crippen LogP contribution in [0, 0.1) is 0 Å². The zero-order chi connectivity index (χ0) is 8.36. The molecule has 0 aromatic heterocycles. The first-order chi connectivity index (χ1) is 4.33. The summed E-state index contributed by atoms with van der Waals surface area (Å²) < 4.78 is 36.6. The van der Waals surface area contributed by atoms with Gasteiger partial charge < -0.3 is 5.11 Å². The van der Waals surface area contributed by atoms with Gasteiger partial charge in [0.1, 0.15) is 0 Å². The lowest BCUT2D eigenvalue weighted by Gasteiger charge is -2.09. The Balaban J connectivity index is 3.80. The molecule has 0 rings (SSSR count). The van der Waals surface area contributed by atoms with Crippen molar-refractivity contribution in [3.63, 3.8) is 0 Å². The molecule has 0 spiro atoms. The highest BCUT2D eigenvalue weighted by atomic mass is 19.4. The van der Waals surface area contributed by atoms with Crippen LogP contribution < -0.4 is 0 Å². The van der Waals surface area contributed by atoms with Gasteiger partial charge in [-0.25, -0.2) is 4.79 Å². The average Bonchev–Trinajstić information content (AvgIpc) is 1.60. The SMILES string of the molecule is CC(OC(F)(F)F)C(=O)O. The predicted molar refractivity (Wildman–Crippen MR) is 24.2 cm³/mol. The van der Waals surface area contributed by atoms with Gasteiger partial charge in [-0.15, -0.1) is 13.2 Å². The molecule has 1 atom stereocenters. The van der Waals surface area contributed by atoms with Gasteiger partial charge in [-0.3, -0.25) is 4.74 Å². The van der Waals surface area contributed by atoms with Crippen LogP contribution in [-0.4, -0.2) is 23.5 Å². The second kappa shape index (κ2) is 2.87. The van der Waals surface area contributed by atoms with E-state index >= 15 is 0 Å². The summed E-state index contributed by atoms with van der Waals surface area (Å²) in [6, 6.07) is 0. The van der Waals surface area contributed by atoms with Crippen LogP contribution in [0.25, 0.3) is 0 Å². The highest BCUT2D eigenvalue weighted by molar-refractivity contribution is 5.71. The van der Waals surface area contributed by atoms with Gasteiger partial charge in [0.15, 0.2) is 6.10 Å². The molecule has 3 nitrogen and oxygen atoms in total. The zero-order valence-corrected chi connectivity index (χ0v) is 4.97. The van der Waals surface area contributed by atoms with Gasteiger partial charge >= 0.3 is 12.3 Å². The number of carboxylic acid groups (broad SMARTS) is 1.